The van der Waals surface area contributed by atoms with E-state index in [0.29, 0.717) is 68.3 Å². The summed E-state index contributed by atoms with van der Waals surface area (Å²) in [6, 6.07) is 21.3. The quantitative estimate of drug-likeness (QED) is 0.102. The van der Waals surface area contributed by atoms with Crippen molar-refractivity contribution < 1.29 is 42.1 Å². The summed E-state index contributed by atoms with van der Waals surface area (Å²) in [4.78, 5) is 87.7. The first kappa shape index (κ1) is 46.9. The topological polar surface area (TPSA) is 222 Å². The average Bonchev–Trinajstić information content (AvgIpc) is 4.15. The van der Waals surface area contributed by atoms with E-state index < -0.39 is 47.5 Å². The van der Waals surface area contributed by atoms with Gasteiger partial charge in [-0.05, 0) is 99.2 Å². The summed E-state index contributed by atoms with van der Waals surface area (Å²) in [6.45, 7) is 5.18. The van der Waals surface area contributed by atoms with Gasteiger partial charge in [0.05, 0.1) is 70.8 Å². The van der Waals surface area contributed by atoms with E-state index in [1.807, 2.05) is 56.3 Å². The van der Waals surface area contributed by atoms with Gasteiger partial charge < -0.3 is 24.6 Å². The third-order valence-corrected chi connectivity index (χ3v) is 14.0. The summed E-state index contributed by atoms with van der Waals surface area (Å²) in [7, 11) is 0. The fourth-order valence-corrected chi connectivity index (χ4v) is 10.5. The molecule has 4 N–H and O–H groups in total. The Labute approximate surface area is 415 Å². The number of aromatic nitrogens is 5. The Morgan fingerprint density at radius 2 is 1.66 bits per heavy atom. The molecule has 0 saturated carbocycles. The summed E-state index contributed by atoms with van der Waals surface area (Å²) >= 11 is 0. The first-order valence-corrected chi connectivity index (χ1v) is 24.0. The van der Waals surface area contributed by atoms with Crippen molar-refractivity contribution in [2.75, 3.05) is 41.7 Å². The van der Waals surface area contributed by atoms with Crippen LogP contribution in [0.2, 0.25) is 0 Å². The average molecular weight is 991 g/mol. The predicted octanol–water partition coefficient (Wildman–Crippen LogP) is 6.09. The maximum absolute atomic E-state index is 14.7. The number of imidazole rings is 1. The number of carbonyl (C=O) groups excluding carboxylic acids is 6. The number of aryl methyl sites for hydroxylation is 2. The number of hydrogen-bond donors (Lipinski definition) is 4. The number of nitrogens with one attached hydrogen (secondary N) is 4. The zero-order chi connectivity index (χ0) is 50.7. The SMILES string of the molecule is Cc1noc(C)c1-c1ccc2c(c1)nc([C@@H]1CCCC(=O)N1c1ccc(F)c(F)c1)n2C1CCN(CC(=O)Nc2cnn(-c3ccc(CNc4cccc5c4C(=O)N(C4NCC(=O)NC4=O)C5=O)cc3)c2)CC1. The van der Waals surface area contributed by atoms with E-state index >= 15 is 0 Å². The number of piperazine rings is 1. The van der Waals surface area contributed by atoms with E-state index in [1.165, 1.54) is 12.1 Å². The Morgan fingerprint density at radius 1 is 0.863 bits per heavy atom. The van der Waals surface area contributed by atoms with Gasteiger partial charge in [0, 0.05) is 55.1 Å². The lowest BCUT2D eigenvalue weighted by Crippen LogP contribution is -2.64. The summed E-state index contributed by atoms with van der Waals surface area (Å²) in [6.07, 6.45) is 4.79. The highest BCUT2D eigenvalue weighted by Crippen LogP contribution is 2.41. The molecule has 0 radical (unpaired) electrons. The van der Waals surface area contributed by atoms with Crippen molar-refractivity contribution >= 4 is 63.5 Å². The second-order valence-electron chi connectivity index (χ2n) is 18.7. The minimum absolute atomic E-state index is 0.0435. The Hall–Kier alpha value is -8.43. The molecular weight excluding hydrogens is 943 g/mol. The van der Waals surface area contributed by atoms with Crippen LogP contribution in [0.4, 0.5) is 25.8 Å². The molecule has 7 heterocycles. The van der Waals surface area contributed by atoms with Crippen LogP contribution in [-0.2, 0) is 25.7 Å². The molecule has 21 heteroatoms. The second-order valence-corrected chi connectivity index (χ2v) is 18.7. The Balaban J connectivity index is 0.738. The van der Waals surface area contributed by atoms with E-state index in [-0.39, 0.29) is 54.2 Å². The number of halogens is 2. The number of piperidine rings is 2. The van der Waals surface area contributed by atoms with Gasteiger partial charge in [0.2, 0.25) is 17.7 Å². The van der Waals surface area contributed by atoms with Crippen molar-refractivity contribution in [1.29, 1.82) is 0 Å². The number of hydrogen-bond acceptors (Lipinski definition) is 13. The summed E-state index contributed by atoms with van der Waals surface area (Å²) in [5, 5.41) is 19.6. The number of fused-ring (bicyclic) bond motifs is 2. The number of carbonyl (C=O) groups is 6. The van der Waals surface area contributed by atoms with E-state index in [9.17, 15) is 37.5 Å². The smallest absolute Gasteiger partial charge is 0.265 e. The fraction of sp³-hybridized carbons (Fsp3) is 0.288. The first-order chi connectivity index (χ1) is 35.3. The largest absolute Gasteiger partial charge is 0.380 e. The lowest BCUT2D eigenvalue weighted by molar-refractivity contribution is -0.136. The van der Waals surface area contributed by atoms with Gasteiger partial charge in [-0.25, -0.2) is 23.3 Å². The number of benzene rings is 4. The number of amides is 6. The van der Waals surface area contributed by atoms with Gasteiger partial charge in [0.15, 0.2) is 17.8 Å². The second kappa shape index (κ2) is 19.0. The molecule has 19 nitrogen and oxygen atoms in total. The molecule has 3 aromatic heterocycles. The van der Waals surface area contributed by atoms with Crippen LogP contribution in [-0.4, -0.2) is 102 Å². The van der Waals surface area contributed by atoms with Gasteiger partial charge in [-0.2, -0.15) is 5.10 Å². The highest BCUT2D eigenvalue weighted by atomic mass is 19.2. The van der Waals surface area contributed by atoms with Crippen LogP contribution >= 0.6 is 0 Å². The fourth-order valence-electron chi connectivity index (χ4n) is 10.5. The van der Waals surface area contributed by atoms with Crippen LogP contribution < -0.4 is 26.2 Å². The van der Waals surface area contributed by atoms with Crippen molar-refractivity contribution in [2.24, 2.45) is 0 Å². The van der Waals surface area contributed by atoms with Crippen LogP contribution in [0.5, 0.6) is 0 Å². The molecule has 3 fully saturated rings. The number of anilines is 3. The number of nitrogens with zero attached hydrogens (tertiary/aromatic N) is 8. The molecular formula is C52H48F2N12O7. The van der Waals surface area contributed by atoms with E-state index in [4.69, 9.17) is 9.51 Å². The standard InChI is InChI=1S/C52H48F2N12O7/c1-28-46(29(2)73-61-28)31-11-16-41-40(21-31)59-48(42-7-4-8-45(69)64(42)35-14-15-37(53)38(54)22-35)65(41)34-17-19-62(20-18-34)27-44(68)58-32-24-57-63(26-32)33-12-9-30(10-13-33)23-55-39-6-3-5-36-47(39)52(72)66(51(36)71)49-50(70)60-43(67)25-56-49/h3,5-6,9-16,21-22,24,26,34,42,49,55-56H,4,7-8,17-20,23,25,27H2,1-2H3,(H,58,68)(H,60,67,70)/t42-,49?/m0/s1. The highest BCUT2D eigenvalue weighted by Gasteiger charge is 2.46. The maximum atomic E-state index is 14.7. The van der Waals surface area contributed by atoms with E-state index in [0.717, 1.165) is 56.1 Å². The van der Waals surface area contributed by atoms with Gasteiger partial charge in [-0.1, -0.05) is 29.4 Å². The third kappa shape index (κ3) is 8.79. The van der Waals surface area contributed by atoms with Gasteiger partial charge >= 0.3 is 0 Å². The molecule has 0 aliphatic carbocycles. The molecule has 7 aromatic rings. The molecule has 4 aliphatic heterocycles. The van der Waals surface area contributed by atoms with Crippen molar-refractivity contribution in [1.82, 2.24) is 44.9 Å². The zero-order valence-electron chi connectivity index (χ0n) is 39.7. The molecule has 0 spiro atoms. The molecule has 1 unspecified atom stereocenters. The third-order valence-electron chi connectivity index (χ3n) is 14.0. The first-order valence-electron chi connectivity index (χ1n) is 24.0. The van der Waals surface area contributed by atoms with Gasteiger partial charge in [-0.3, -0.25) is 44.3 Å². The zero-order valence-corrected chi connectivity index (χ0v) is 39.7. The highest BCUT2D eigenvalue weighted by molar-refractivity contribution is 6.25. The Kier molecular flexibility index (Phi) is 12.2. The molecule has 4 aromatic carbocycles. The molecule has 11 rings (SSSR count). The number of imide groups is 2. The summed E-state index contributed by atoms with van der Waals surface area (Å²) in [5.74, 6) is -3.70. The minimum Gasteiger partial charge on any atom is -0.380 e. The van der Waals surface area contributed by atoms with Crippen molar-refractivity contribution in [2.45, 2.75) is 70.7 Å². The molecule has 2 atom stereocenters. The lowest BCUT2D eigenvalue weighted by atomic mass is 9.98. The maximum Gasteiger partial charge on any atom is 0.265 e. The molecule has 372 valence electrons. The summed E-state index contributed by atoms with van der Waals surface area (Å²) in [5.41, 5.74) is 7.20. The van der Waals surface area contributed by atoms with Gasteiger partial charge in [0.25, 0.3) is 17.7 Å². The van der Waals surface area contributed by atoms with Gasteiger partial charge in [0.1, 0.15) is 11.6 Å². The monoisotopic (exact) mass is 990 g/mol. The predicted molar refractivity (Wildman–Crippen MR) is 261 cm³/mol. The minimum atomic E-state index is -1.31. The van der Waals surface area contributed by atoms with Gasteiger partial charge in [-0.15, -0.1) is 0 Å². The number of rotatable bonds is 12. The van der Waals surface area contributed by atoms with Crippen LogP contribution in [0.1, 0.15) is 87.7 Å². The van der Waals surface area contributed by atoms with Crippen LogP contribution in [0, 0.1) is 25.5 Å². The van der Waals surface area contributed by atoms with Crippen molar-refractivity contribution in [3.63, 3.8) is 0 Å². The lowest BCUT2D eigenvalue weighted by Gasteiger charge is -2.38. The van der Waals surface area contributed by atoms with E-state index in [1.54, 1.807) is 34.1 Å². The van der Waals surface area contributed by atoms with Crippen molar-refractivity contribution in [3.05, 3.63) is 137 Å². The molecule has 4 aliphatic rings. The Morgan fingerprint density at radius 3 is 2.41 bits per heavy atom. The Bertz CT molecular complexity index is 3380. The van der Waals surface area contributed by atoms with E-state index in [2.05, 4.69) is 41.0 Å². The van der Waals surface area contributed by atoms with Crippen molar-refractivity contribution in [3.8, 4) is 16.8 Å². The van der Waals surface area contributed by atoms with Crippen LogP contribution in [0.15, 0.2) is 95.8 Å². The van der Waals surface area contributed by atoms with Crippen LogP contribution in [0.25, 0.3) is 27.8 Å². The summed E-state index contributed by atoms with van der Waals surface area (Å²) < 4.78 is 38.1. The number of likely N-dealkylation sites (tertiary alicyclic amines) is 1. The molecule has 6 amide bonds. The van der Waals surface area contributed by atoms with Crippen LogP contribution in [0.3, 0.4) is 0 Å². The molecule has 73 heavy (non-hydrogen) atoms. The molecule has 3 saturated heterocycles. The molecule has 0 bridgehead atoms. The normalized spacial score (nSPS) is 18.7.